The summed E-state index contributed by atoms with van der Waals surface area (Å²) in [5.74, 6) is 1.07. The van der Waals surface area contributed by atoms with E-state index in [0.717, 1.165) is 63.0 Å². The molecular formula is C21H32N6O2. The van der Waals surface area contributed by atoms with Crippen molar-refractivity contribution >= 4 is 23.5 Å². The summed E-state index contributed by atoms with van der Waals surface area (Å²) in [5, 5.41) is 9.61. The molecule has 1 unspecified atom stereocenters. The second-order valence-electron chi connectivity index (χ2n) is 7.53. The summed E-state index contributed by atoms with van der Waals surface area (Å²) in [6.07, 6.45) is 0.459. The predicted molar refractivity (Wildman–Crippen MR) is 115 cm³/mol. The standard InChI is InChI=1S/C21H32N6O2/c1-3-22-21(23-8-9-26-10-12-27(13-11-26)16(2)28)24-15-17-14-20(29)25-19-7-5-4-6-18(17)19/h4-7,17H,3,8-15H2,1-2H3,(H,25,29)(H2,22,23,24). The van der Waals surface area contributed by atoms with Gasteiger partial charge in [0, 0.05) is 70.8 Å². The molecule has 2 aliphatic heterocycles. The molecule has 0 aromatic heterocycles. The van der Waals surface area contributed by atoms with Gasteiger partial charge < -0.3 is 20.9 Å². The molecule has 2 amide bonds. The van der Waals surface area contributed by atoms with Crippen molar-refractivity contribution in [1.29, 1.82) is 0 Å². The van der Waals surface area contributed by atoms with E-state index in [2.05, 4.69) is 26.9 Å². The number of nitrogens with one attached hydrogen (secondary N) is 3. The zero-order valence-electron chi connectivity index (χ0n) is 17.4. The van der Waals surface area contributed by atoms with E-state index in [1.807, 2.05) is 30.0 Å². The van der Waals surface area contributed by atoms with Crippen LogP contribution in [0, 0.1) is 0 Å². The first kappa shape index (κ1) is 21.1. The number of carbonyl (C=O) groups is 2. The van der Waals surface area contributed by atoms with Gasteiger partial charge in [0.15, 0.2) is 5.96 Å². The van der Waals surface area contributed by atoms with Crippen LogP contribution in [0.4, 0.5) is 5.69 Å². The maximum Gasteiger partial charge on any atom is 0.225 e. The maximum atomic E-state index is 12.0. The average Bonchev–Trinajstić information content (AvgIpc) is 2.72. The molecular weight excluding hydrogens is 368 g/mol. The fourth-order valence-corrected chi connectivity index (χ4v) is 3.83. The molecule has 2 aliphatic rings. The number of rotatable bonds is 6. The van der Waals surface area contributed by atoms with E-state index < -0.39 is 0 Å². The number of nitrogens with zero attached hydrogens (tertiary/aromatic N) is 3. The highest BCUT2D eigenvalue weighted by Gasteiger charge is 2.24. The van der Waals surface area contributed by atoms with Crippen LogP contribution < -0.4 is 16.0 Å². The largest absolute Gasteiger partial charge is 0.357 e. The van der Waals surface area contributed by atoms with E-state index in [4.69, 9.17) is 4.99 Å². The fraction of sp³-hybridized carbons (Fsp3) is 0.571. The van der Waals surface area contributed by atoms with Gasteiger partial charge in [-0.1, -0.05) is 18.2 Å². The SMILES string of the molecule is CCNC(=NCC1CC(=O)Nc2ccccc21)NCCN1CCN(C(C)=O)CC1. The van der Waals surface area contributed by atoms with Crippen LogP contribution in [0.2, 0.25) is 0 Å². The van der Waals surface area contributed by atoms with Crippen LogP contribution in [0.25, 0.3) is 0 Å². The molecule has 8 heteroatoms. The van der Waals surface area contributed by atoms with E-state index in [9.17, 15) is 9.59 Å². The topological polar surface area (TPSA) is 89.1 Å². The van der Waals surface area contributed by atoms with Gasteiger partial charge in [0.2, 0.25) is 11.8 Å². The van der Waals surface area contributed by atoms with Crippen molar-refractivity contribution in [3.8, 4) is 0 Å². The Kier molecular flexibility index (Phi) is 7.46. The number of fused-ring (bicyclic) bond motifs is 1. The third-order valence-corrected chi connectivity index (χ3v) is 5.46. The highest BCUT2D eigenvalue weighted by atomic mass is 16.2. The second kappa shape index (κ2) is 10.2. The summed E-state index contributed by atoms with van der Waals surface area (Å²) in [6.45, 7) is 10.1. The van der Waals surface area contributed by atoms with Gasteiger partial charge in [-0.2, -0.15) is 0 Å². The summed E-state index contributed by atoms with van der Waals surface area (Å²) in [7, 11) is 0. The number of piperazine rings is 1. The van der Waals surface area contributed by atoms with Gasteiger partial charge >= 0.3 is 0 Å². The first-order valence-electron chi connectivity index (χ1n) is 10.5. The summed E-state index contributed by atoms with van der Waals surface area (Å²) in [4.78, 5) is 32.4. The van der Waals surface area contributed by atoms with Crippen molar-refractivity contribution in [3.05, 3.63) is 29.8 Å². The molecule has 29 heavy (non-hydrogen) atoms. The molecule has 3 N–H and O–H groups in total. The lowest BCUT2D eigenvalue weighted by Gasteiger charge is -2.34. The second-order valence-corrected chi connectivity index (χ2v) is 7.53. The van der Waals surface area contributed by atoms with E-state index in [-0.39, 0.29) is 17.7 Å². The molecule has 0 aliphatic carbocycles. The van der Waals surface area contributed by atoms with Crippen LogP contribution >= 0.6 is 0 Å². The van der Waals surface area contributed by atoms with Crippen LogP contribution in [0.15, 0.2) is 29.3 Å². The van der Waals surface area contributed by atoms with Crippen molar-refractivity contribution < 1.29 is 9.59 Å². The molecule has 2 heterocycles. The number of benzene rings is 1. The maximum absolute atomic E-state index is 12.0. The van der Waals surface area contributed by atoms with E-state index in [0.29, 0.717) is 13.0 Å². The molecule has 0 spiro atoms. The summed E-state index contributed by atoms with van der Waals surface area (Å²) in [6, 6.07) is 7.95. The number of para-hydroxylation sites is 1. The minimum atomic E-state index is 0.0477. The summed E-state index contributed by atoms with van der Waals surface area (Å²) >= 11 is 0. The van der Waals surface area contributed by atoms with Crippen LogP contribution in [0.1, 0.15) is 31.7 Å². The van der Waals surface area contributed by atoms with Crippen LogP contribution in [0.3, 0.4) is 0 Å². The Bertz CT molecular complexity index is 742. The first-order valence-corrected chi connectivity index (χ1v) is 10.5. The van der Waals surface area contributed by atoms with Crippen molar-refractivity contribution in [2.24, 2.45) is 4.99 Å². The normalized spacial score (nSPS) is 20.1. The number of guanidine groups is 1. The van der Waals surface area contributed by atoms with Gasteiger partial charge in [0.1, 0.15) is 0 Å². The Balaban J connectivity index is 1.50. The number of amides is 2. The summed E-state index contributed by atoms with van der Waals surface area (Å²) < 4.78 is 0. The molecule has 0 bridgehead atoms. The fourth-order valence-electron chi connectivity index (χ4n) is 3.83. The molecule has 1 aromatic rings. The van der Waals surface area contributed by atoms with Crippen LogP contribution in [-0.4, -0.2) is 79.9 Å². The molecule has 1 saturated heterocycles. The van der Waals surface area contributed by atoms with Gasteiger partial charge in [0.05, 0.1) is 6.54 Å². The smallest absolute Gasteiger partial charge is 0.225 e. The third-order valence-electron chi connectivity index (χ3n) is 5.46. The molecule has 1 atom stereocenters. The molecule has 0 saturated carbocycles. The van der Waals surface area contributed by atoms with Gasteiger partial charge in [0.25, 0.3) is 0 Å². The molecule has 158 valence electrons. The lowest BCUT2D eigenvalue weighted by atomic mass is 9.91. The minimum Gasteiger partial charge on any atom is -0.357 e. The number of aliphatic imine (C=N–C) groups is 1. The predicted octanol–water partition coefficient (Wildman–Crippen LogP) is 0.832. The monoisotopic (exact) mass is 400 g/mol. The zero-order valence-corrected chi connectivity index (χ0v) is 17.4. The van der Waals surface area contributed by atoms with Crippen molar-refractivity contribution in [2.45, 2.75) is 26.2 Å². The molecule has 8 nitrogen and oxygen atoms in total. The van der Waals surface area contributed by atoms with Crippen molar-refractivity contribution in [2.75, 3.05) is 57.7 Å². The Morgan fingerprint density at radius 3 is 2.69 bits per heavy atom. The molecule has 3 rings (SSSR count). The number of anilines is 1. The molecule has 1 fully saturated rings. The Labute approximate surface area is 172 Å². The minimum absolute atomic E-state index is 0.0477. The van der Waals surface area contributed by atoms with Crippen molar-refractivity contribution in [3.63, 3.8) is 0 Å². The lowest BCUT2D eigenvalue weighted by molar-refractivity contribution is -0.130. The van der Waals surface area contributed by atoms with Crippen LogP contribution in [-0.2, 0) is 9.59 Å². The van der Waals surface area contributed by atoms with Crippen LogP contribution in [0.5, 0.6) is 0 Å². The highest BCUT2D eigenvalue weighted by Crippen LogP contribution is 2.31. The number of carbonyl (C=O) groups excluding carboxylic acids is 2. The van der Waals surface area contributed by atoms with Crippen molar-refractivity contribution in [1.82, 2.24) is 20.4 Å². The number of hydrogen-bond acceptors (Lipinski definition) is 4. The first-order chi connectivity index (χ1) is 14.1. The Morgan fingerprint density at radius 1 is 1.21 bits per heavy atom. The third kappa shape index (κ3) is 5.93. The van der Waals surface area contributed by atoms with E-state index in [1.165, 1.54) is 0 Å². The van der Waals surface area contributed by atoms with E-state index in [1.54, 1.807) is 6.92 Å². The Hall–Kier alpha value is -2.61. The summed E-state index contributed by atoms with van der Waals surface area (Å²) in [5.41, 5.74) is 2.04. The lowest BCUT2D eigenvalue weighted by Crippen LogP contribution is -2.50. The molecule has 0 radical (unpaired) electrons. The average molecular weight is 401 g/mol. The van der Waals surface area contributed by atoms with Gasteiger partial charge in [-0.3, -0.25) is 19.5 Å². The quantitative estimate of drug-likeness (QED) is 0.486. The van der Waals surface area contributed by atoms with Gasteiger partial charge in [-0.15, -0.1) is 0 Å². The van der Waals surface area contributed by atoms with Gasteiger partial charge in [-0.25, -0.2) is 0 Å². The number of hydrogen-bond donors (Lipinski definition) is 3. The van der Waals surface area contributed by atoms with Gasteiger partial charge in [-0.05, 0) is 18.6 Å². The molecule has 1 aromatic carbocycles. The Morgan fingerprint density at radius 2 is 1.97 bits per heavy atom. The van der Waals surface area contributed by atoms with E-state index >= 15 is 0 Å². The zero-order chi connectivity index (χ0) is 20.6. The highest BCUT2D eigenvalue weighted by molar-refractivity contribution is 5.94.